The van der Waals surface area contributed by atoms with Crippen molar-refractivity contribution in [1.82, 2.24) is 9.97 Å². The third kappa shape index (κ3) is 3.66. The van der Waals surface area contributed by atoms with Gasteiger partial charge in [0.05, 0.1) is 20.4 Å². The van der Waals surface area contributed by atoms with Crippen molar-refractivity contribution in [3.63, 3.8) is 0 Å². The van der Waals surface area contributed by atoms with Gasteiger partial charge < -0.3 is 5.32 Å². The van der Waals surface area contributed by atoms with Crippen molar-refractivity contribution in [2.24, 2.45) is 0 Å². The lowest BCUT2D eigenvalue weighted by atomic mass is 10.3. The van der Waals surface area contributed by atoms with Crippen LogP contribution in [0.3, 0.4) is 0 Å². The SMILES string of the molecule is CC(Sc1nc2ccc([N+](=O)[O-])cc2s1)C(=O)Nc1nccs1. The van der Waals surface area contributed by atoms with Gasteiger partial charge in [-0.25, -0.2) is 9.97 Å². The number of carbonyl (C=O) groups is 1. The van der Waals surface area contributed by atoms with Crippen molar-refractivity contribution in [3.05, 3.63) is 39.9 Å². The molecule has 118 valence electrons. The van der Waals surface area contributed by atoms with Gasteiger partial charge in [-0.1, -0.05) is 11.8 Å². The second-order valence-corrected chi connectivity index (χ2v) is 7.99. The van der Waals surface area contributed by atoms with Gasteiger partial charge in [0.1, 0.15) is 0 Å². The Bertz CT molecular complexity index is 863. The highest BCUT2D eigenvalue weighted by atomic mass is 32.2. The summed E-state index contributed by atoms with van der Waals surface area (Å²) >= 11 is 4.01. The lowest BCUT2D eigenvalue weighted by Gasteiger charge is -2.07. The number of hydrogen-bond acceptors (Lipinski definition) is 8. The molecule has 0 radical (unpaired) electrons. The minimum Gasteiger partial charge on any atom is -0.301 e. The summed E-state index contributed by atoms with van der Waals surface area (Å²) in [4.78, 5) is 30.9. The van der Waals surface area contributed by atoms with Crippen LogP contribution in [-0.4, -0.2) is 26.0 Å². The lowest BCUT2D eigenvalue weighted by molar-refractivity contribution is -0.384. The molecule has 1 N–H and O–H groups in total. The summed E-state index contributed by atoms with van der Waals surface area (Å²) < 4.78 is 1.43. The summed E-state index contributed by atoms with van der Waals surface area (Å²) in [6.45, 7) is 1.78. The Labute approximate surface area is 142 Å². The molecular formula is C13H10N4O3S3. The second-order valence-electron chi connectivity index (χ2n) is 4.48. The molecule has 2 heterocycles. The van der Waals surface area contributed by atoms with E-state index in [1.807, 2.05) is 0 Å². The van der Waals surface area contributed by atoms with Gasteiger partial charge in [-0.2, -0.15) is 0 Å². The third-order valence-corrected chi connectivity index (χ3v) is 5.77. The lowest BCUT2D eigenvalue weighted by Crippen LogP contribution is -2.22. The number of fused-ring (bicyclic) bond motifs is 1. The second kappa shape index (κ2) is 6.60. The van der Waals surface area contributed by atoms with Crippen molar-refractivity contribution in [2.45, 2.75) is 16.5 Å². The van der Waals surface area contributed by atoms with Gasteiger partial charge in [-0.15, -0.1) is 22.7 Å². The zero-order valence-electron chi connectivity index (χ0n) is 11.8. The number of nitrogens with one attached hydrogen (secondary N) is 1. The molecule has 0 bridgehead atoms. The predicted octanol–water partition coefficient (Wildman–Crippen LogP) is 3.78. The van der Waals surface area contributed by atoms with Crippen LogP contribution in [0.2, 0.25) is 0 Å². The molecule has 0 saturated heterocycles. The van der Waals surface area contributed by atoms with Gasteiger partial charge in [-0.05, 0) is 13.0 Å². The maximum absolute atomic E-state index is 12.1. The average Bonchev–Trinajstić information content (AvgIpc) is 3.14. The minimum atomic E-state index is -0.434. The number of carbonyl (C=O) groups excluding carboxylic acids is 1. The molecule has 0 aliphatic carbocycles. The maximum Gasteiger partial charge on any atom is 0.270 e. The summed E-state index contributed by atoms with van der Waals surface area (Å²) in [6, 6.07) is 4.54. The predicted molar refractivity (Wildman–Crippen MR) is 92.3 cm³/mol. The molecule has 1 aromatic carbocycles. The average molecular weight is 366 g/mol. The molecule has 1 amide bonds. The molecule has 10 heteroatoms. The van der Waals surface area contributed by atoms with E-state index < -0.39 is 4.92 Å². The van der Waals surface area contributed by atoms with E-state index in [0.29, 0.717) is 15.0 Å². The first-order valence-electron chi connectivity index (χ1n) is 6.45. The number of nitrogens with zero attached hydrogens (tertiary/aromatic N) is 3. The molecule has 2 aromatic heterocycles. The fourth-order valence-electron chi connectivity index (χ4n) is 1.75. The molecule has 0 fully saturated rings. The van der Waals surface area contributed by atoms with E-state index in [2.05, 4.69) is 15.3 Å². The van der Waals surface area contributed by atoms with Crippen LogP contribution >= 0.6 is 34.4 Å². The molecular weight excluding hydrogens is 356 g/mol. The molecule has 0 aliphatic rings. The Balaban J connectivity index is 1.73. The summed E-state index contributed by atoms with van der Waals surface area (Å²) in [5.74, 6) is -0.157. The molecule has 0 saturated carbocycles. The fraction of sp³-hybridized carbons (Fsp3) is 0.154. The summed E-state index contributed by atoms with van der Waals surface area (Å²) in [6.07, 6.45) is 1.62. The molecule has 7 nitrogen and oxygen atoms in total. The molecule has 1 atom stereocenters. The largest absolute Gasteiger partial charge is 0.301 e. The number of benzene rings is 1. The smallest absolute Gasteiger partial charge is 0.270 e. The van der Waals surface area contributed by atoms with E-state index in [0.717, 1.165) is 4.70 Å². The number of thiazole rings is 2. The topological polar surface area (TPSA) is 98.0 Å². The number of amides is 1. The van der Waals surface area contributed by atoms with E-state index >= 15 is 0 Å². The monoisotopic (exact) mass is 366 g/mol. The van der Waals surface area contributed by atoms with Gasteiger partial charge in [0.2, 0.25) is 5.91 Å². The number of aromatic nitrogens is 2. The highest BCUT2D eigenvalue weighted by Gasteiger charge is 2.18. The van der Waals surface area contributed by atoms with Crippen molar-refractivity contribution >= 4 is 61.4 Å². The van der Waals surface area contributed by atoms with Crippen molar-refractivity contribution < 1.29 is 9.72 Å². The Morgan fingerprint density at radius 3 is 3.00 bits per heavy atom. The van der Waals surface area contributed by atoms with Gasteiger partial charge in [-0.3, -0.25) is 14.9 Å². The van der Waals surface area contributed by atoms with E-state index in [4.69, 9.17) is 0 Å². The highest BCUT2D eigenvalue weighted by molar-refractivity contribution is 8.02. The molecule has 0 spiro atoms. The molecule has 1 unspecified atom stereocenters. The van der Waals surface area contributed by atoms with Crippen molar-refractivity contribution in [3.8, 4) is 0 Å². The van der Waals surface area contributed by atoms with Crippen LogP contribution in [0, 0.1) is 10.1 Å². The Morgan fingerprint density at radius 2 is 2.30 bits per heavy atom. The van der Waals surface area contributed by atoms with E-state index in [1.54, 1.807) is 24.6 Å². The standard InChI is InChI=1S/C13H10N4O3S3/c1-7(11(18)16-12-14-4-5-21-12)22-13-15-9-3-2-8(17(19)20)6-10(9)23-13/h2-7H,1H3,(H,14,16,18). The fourth-order valence-corrected chi connectivity index (χ4v) is 4.53. The number of nitro benzene ring substituents is 1. The van der Waals surface area contributed by atoms with E-state index in [-0.39, 0.29) is 16.8 Å². The zero-order valence-corrected chi connectivity index (χ0v) is 14.2. The first-order valence-corrected chi connectivity index (χ1v) is 9.02. The van der Waals surface area contributed by atoms with Crippen LogP contribution in [0.5, 0.6) is 0 Å². The van der Waals surface area contributed by atoms with Crippen LogP contribution in [0.25, 0.3) is 10.2 Å². The Kier molecular flexibility index (Phi) is 4.55. The zero-order chi connectivity index (χ0) is 16.4. The maximum atomic E-state index is 12.1. The van der Waals surface area contributed by atoms with Crippen LogP contribution in [0.4, 0.5) is 10.8 Å². The van der Waals surface area contributed by atoms with Crippen molar-refractivity contribution in [1.29, 1.82) is 0 Å². The first kappa shape index (κ1) is 15.8. The quantitative estimate of drug-likeness (QED) is 0.419. The highest BCUT2D eigenvalue weighted by Crippen LogP contribution is 2.34. The molecule has 3 aromatic rings. The van der Waals surface area contributed by atoms with E-state index in [9.17, 15) is 14.9 Å². The Hall–Kier alpha value is -2.04. The normalized spacial score (nSPS) is 12.2. The van der Waals surface area contributed by atoms with Crippen LogP contribution < -0.4 is 5.32 Å². The van der Waals surface area contributed by atoms with Gasteiger partial charge in [0.15, 0.2) is 9.47 Å². The molecule has 23 heavy (non-hydrogen) atoms. The number of rotatable bonds is 5. The molecule has 3 rings (SSSR count). The van der Waals surface area contributed by atoms with Gasteiger partial charge in [0, 0.05) is 23.7 Å². The van der Waals surface area contributed by atoms with Crippen molar-refractivity contribution in [2.75, 3.05) is 5.32 Å². The van der Waals surface area contributed by atoms with E-state index in [1.165, 1.54) is 46.6 Å². The number of anilines is 1. The number of hydrogen-bond donors (Lipinski definition) is 1. The summed E-state index contributed by atoms with van der Waals surface area (Å²) in [7, 11) is 0. The Morgan fingerprint density at radius 1 is 1.48 bits per heavy atom. The molecule has 0 aliphatic heterocycles. The minimum absolute atomic E-state index is 0.0345. The van der Waals surface area contributed by atoms with Crippen LogP contribution in [-0.2, 0) is 4.79 Å². The summed E-state index contributed by atoms with van der Waals surface area (Å²) in [5, 5.41) is 15.5. The van der Waals surface area contributed by atoms with Gasteiger partial charge in [0.25, 0.3) is 5.69 Å². The number of nitro groups is 1. The number of non-ortho nitro benzene ring substituents is 1. The first-order chi connectivity index (χ1) is 11.0. The number of thioether (sulfide) groups is 1. The van der Waals surface area contributed by atoms with Gasteiger partial charge >= 0.3 is 0 Å². The van der Waals surface area contributed by atoms with Crippen LogP contribution in [0.1, 0.15) is 6.92 Å². The summed E-state index contributed by atoms with van der Waals surface area (Å²) in [5.41, 5.74) is 0.725. The van der Waals surface area contributed by atoms with Crippen LogP contribution in [0.15, 0.2) is 34.1 Å². The third-order valence-electron chi connectivity index (χ3n) is 2.87.